The van der Waals surface area contributed by atoms with E-state index in [1.54, 1.807) is 24.3 Å². The van der Waals surface area contributed by atoms with Gasteiger partial charge in [0.2, 0.25) is 10.0 Å². The summed E-state index contributed by atoms with van der Waals surface area (Å²) in [6.07, 6.45) is -1.45. The summed E-state index contributed by atoms with van der Waals surface area (Å²) in [5, 5.41) is 23.1. The van der Waals surface area contributed by atoms with Crippen LogP contribution in [0.15, 0.2) is 59.5 Å². The Labute approximate surface area is 249 Å². The Kier molecular flexibility index (Phi) is 12.8. The number of methoxy groups -OCH3 is 1. The lowest BCUT2D eigenvalue weighted by Gasteiger charge is -2.34. The van der Waals surface area contributed by atoms with Crippen molar-refractivity contribution in [2.45, 2.75) is 63.2 Å². The molecule has 2 rings (SSSR count). The molecule has 0 fully saturated rings. The SMILES string of the molecule is COc1ccc(S(=O)(=O)N(CC(O)[C@H](Cc2ccccc2)NC(=O)OC(C)CS(C)(=O)=O)CC(C)(C)CCC#N)cc1. The van der Waals surface area contributed by atoms with Crippen molar-refractivity contribution in [1.29, 1.82) is 5.26 Å². The van der Waals surface area contributed by atoms with Gasteiger partial charge in [-0.3, -0.25) is 0 Å². The van der Waals surface area contributed by atoms with E-state index in [-0.39, 0.29) is 36.6 Å². The molecule has 2 N–H and O–H groups in total. The molecule has 0 aliphatic rings. The van der Waals surface area contributed by atoms with Gasteiger partial charge in [0, 0.05) is 25.8 Å². The Balaban J connectivity index is 2.39. The first kappa shape index (κ1) is 35.0. The Morgan fingerprint density at radius 3 is 2.26 bits per heavy atom. The van der Waals surface area contributed by atoms with E-state index in [9.17, 15) is 26.7 Å². The highest BCUT2D eigenvalue weighted by molar-refractivity contribution is 7.90. The van der Waals surface area contributed by atoms with Crippen LogP contribution in [0.1, 0.15) is 39.2 Å². The lowest BCUT2D eigenvalue weighted by Crippen LogP contribution is -2.52. The van der Waals surface area contributed by atoms with Gasteiger partial charge in [-0.25, -0.2) is 21.6 Å². The molecular weight excluding hydrogens is 582 g/mol. The van der Waals surface area contributed by atoms with E-state index >= 15 is 0 Å². The zero-order valence-electron chi connectivity index (χ0n) is 24.7. The van der Waals surface area contributed by atoms with Crippen LogP contribution in [0.4, 0.5) is 4.79 Å². The average molecular weight is 624 g/mol. The number of amides is 1. The highest BCUT2D eigenvalue weighted by Gasteiger charge is 2.35. The predicted molar refractivity (Wildman–Crippen MR) is 159 cm³/mol. The number of carbonyl (C=O) groups excluding carboxylic acids is 1. The van der Waals surface area contributed by atoms with Gasteiger partial charge < -0.3 is 19.9 Å². The van der Waals surface area contributed by atoms with Gasteiger partial charge in [-0.2, -0.15) is 9.57 Å². The third kappa shape index (κ3) is 11.6. The number of hydrogen-bond donors (Lipinski definition) is 2. The Morgan fingerprint density at radius 1 is 1.10 bits per heavy atom. The number of sulfonamides is 1. The van der Waals surface area contributed by atoms with E-state index in [1.165, 1.54) is 38.3 Å². The molecule has 0 aromatic heterocycles. The number of hydrogen-bond acceptors (Lipinski definition) is 9. The Morgan fingerprint density at radius 2 is 1.71 bits per heavy atom. The van der Waals surface area contributed by atoms with Crippen molar-refractivity contribution in [2.75, 3.05) is 32.2 Å². The fraction of sp³-hybridized carbons (Fsp3) is 0.517. The van der Waals surface area contributed by atoms with Crippen LogP contribution in [0.3, 0.4) is 0 Å². The molecule has 0 spiro atoms. The van der Waals surface area contributed by atoms with Gasteiger partial charge in [-0.1, -0.05) is 44.2 Å². The molecule has 2 unspecified atom stereocenters. The van der Waals surface area contributed by atoms with E-state index in [1.807, 2.05) is 19.9 Å². The van der Waals surface area contributed by atoms with E-state index in [4.69, 9.17) is 14.7 Å². The average Bonchev–Trinajstić information content (AvgIpc) is 2.90. The van der Waals surface area contributed by atoms with Gasteiger partial charge >= 0.3 is 6.09 Å². The predicted octanol–water partition coefficient (Wildman–Crippen LogP) is 3.15. The molecule has 13 heteroatoms. The largest absolute Gasteiger partial charge is 0.497 e. The number of aliphatic hydroxyl groups excluding tert-OH is 1. The number of nitriles is 1. The molecule has 1 amide bonds. The van der Waals surface area contributed by atoms with Crippen LogP contribution < -0.4 is 10.1 Å². The summed E-state index contributed by atoms with van der Waals surface area (Å²) in [6.45, 7) is 4.74. The minimum atomic E-state index is -4.13. The normalized spacial score (nSPS) is 14.4. The van der Waals surface area contributed by atoms with Crippen LogP contribution in [0.25, 0.3) is 0 Å². The maximum absolute atomic E-state index is 13.8. The molecule has 0 bridgehead atoms. The first-order valence-corrected chi connectivity index (χ1v) is 16.9. The molecule has 232 valence electrons. The monoisotopic (exact) mass is 623 g/mol. The Hall–Kier alpha value is -3.18. The van der Waals surface area contributed by atoms with E-state index in [0.717, 1.165) is 16.1 Å². The first-order valence-electron chi connectivity index (χ1n) is 13.4. The lowest BCUT2D eigenvalue weighted by molar-refractivity contribution is 0.0757. The Bertz CT molecular complexity index is 1410. The quantitative estimate of drug-likeness (QED) is 0.286. The van der Waals surface area contributed by atoms with Gasteiger partial charge in [0.1, 0.15) is 11.9 Å². The number of sulfone groups is 1. The molecule has 0 aliphatic heterocycles. The van der Waals surface area contributed by atoms with E-state index in [0.29, 0.717) is 12.2 Å². The van der Waals surface area contributed by atoms with Crippen LogP contribution in [0, 0.1) is 16.7 Å². The molecule has 2 aromatic rings. The van der Waals surface area contributed by atoms with Crippen molar-refractivity contribution in [3.8, 4) is 11.8 Å². The second-order valence-electron chi connectivity index (χ2n) is 11.1. The molecule has 0 aliphatic carbocycles. The van der Waals surface area contributed by atoms with Crippen LogP contribution >= 0.6 is 0 Å². The number of ether oxygens (including phenoxy) is 2. The van der Waals surface area contributed by atoms with Crippen molar-refractivity contribution in [1.82, 2.24) is 9.62 Å². The first-order chi connectivity index (χ1) is 19.6. The standard InChI is InChI=1S/C29H41N3O8S2/c1-22(20-41(5,35)36)40-28(34)31-26(18-23-10-7-6-8-11-23)27(33)19-32(21-29(2,3)16-9-17-30)42(37,38)25-14-12-24(39-4)13-15-25/h6-8,10-15,22,26-27,33H,9,16,18-21H2,1-5H3,(H,31,34)/t22?,26-,27?/m0/s1. The second kappa shape index (κ2) is 15.3. The molecule has 42 heavy (non-hydrogen) atoms. The number of carbonyl (C=O) groups is 1. The summed E-state index contributed by atoms with van der Waals surface area (Å²) in [5.74, 6) is 0.100. The number of aliphatic hydroxyl groups is 1. The molecule has 0 heterocycles. The summed E-state index contributed by atoms with van der Waals surface area (Å²) in [7, 11) is -6.07. The van der Waals surface area contributed by atoms with E-state index < -0.39 is 49.6 Å². The van der Waals surface area contributed by atoms with Gasteiger partial charge in [0.25, 0.3) is 0 Å². The molecule has 0 saturated carbocycles. The third-order valence-corrected chi connectivity index (χ3v) is 9.42. The van der Waals surface area contributed by atoms with Crippen molar-refractivity contribution in [3.63, 3.8) is 0 Å². The van der Waals surface area contributed by atoms with Crippen molar-refractivity contribution in [2.24, 2.45) is 5.41 Å². The van der Waals surface area contributed by atoms with E-state index in [2.05, 4.69) is 11.4 Å². The molecule has 2 aromatic carbocycles. The molecule has 0 radical (unpaired) electrons. The maximum atomic E-state index is 13.8. The number of nitrogens with one attached hydrogen (secondary N) is 1. The molecule has 3 atom stereocenters. The van der Waals surface area contributed by atoms with Gasteiger partial charge in [0.15, 0.2) is 9.84 Å². The summed E-state index contributed by atoms with van der Waals surface area (Å²) in [6, 6.07) is 16.0. The van der Waals surface area contributed by atoms with Crippen LogP contribution in [0.5, 0.6) is 5.75 Å². The lowest BCUT2D eigenvalue weighted by atomic mass is 9.88. The zero-order valence-corrected chi connectivity index (χ0v) is 26.3. The second-order valence-corrected chi connectivity index (χ2v) is 15.2. The van der Waals surface area contributed by atoms with Crippen molar-refractivity contribution < 1.29 is 36.2 Å². The number of nitrogens with zero attached hydrogens (tertiary/aromatic N) is 2. The number of rotatable bonds is 16. The zero-order chi connectivity index (χ0) is 31.6. The number of benzene rings is 2. The van der Waals surface area contributed by atoms with Crippen molar-refractivity contribution >= 4 is 26.0 Å². The minimum absolute atomic E-state index is 0.00595. The van der Waals surface area contributed by atoms with Gasteiger partial charge in [-0.15, -0.1) is 0 Å². The van der Waals surface area contributed by atoms with Crippen LogP contribution in [-0.2, 0) is 31.0 Å². The highest BCUT2D eigenvalue weighted by Crippen LogP contribution is 2.28. The van der Waals surface area contributed by atoms with Crippen LogP contribution in [-0.4, -0.2) is 82.8 Å². The molecule has 0 saturated heterocycles. The molecular formula is C29H41N3O8S2. The topological polar surface area (TPSA) is 163 Å². The minimum Gasteiger partial charge on any atom is -0.497 e. The van der Waals surface area contributed by atoms with Gasteiger partial charge in [0.05, 0.1) is 36.0 Å². The van der Waals surface area contributed by atoms with Gasteiger partial charge in [-0.05, 0) is 55.0 Å². The van der Waals surface area contributed by atoms with Crippen LogP contribution in [0.2, 0.25) is 0 Å². The maximum Gasteiger partial charge on any atom is 0.407 e. The summed E-state index contributed by atoms with van der Waals surface area (Å²) in [4.78, 5) is 12.7. The molecule has 11 nitrogen and oxygen atoms in total. The highest BCUT2D eigenvalue weighted by atomic mass is 32.2. The fourth-order valence-corrected chi connectivity index (χ4v) is 6.98. The summed E-state index contributed by atoms with van der Waals surface area (Å²) >= 11 is 0. The smallest absolute Gasteiger partial charge is 0.407 e. The number of alkyl carbamates (subject to hydrolysis) is 1. The third-order valence-electron chi connectivity index (χ3n) is 6.52. The van der Waals surface area contributed by atoms with Crippen molar-refractivity contribution in [3.05, 3.63) is 60.2 Å². The summed E-state index contributed by atoms with van der Waals surface area (Å²) in [5.41, 5.74) is 0.155. The fourth-order valence-electron chi connectivity index (χ4n) is 4.41. The summed E-state index contributed by atoms with van der Waals surface area (Å²) < 4.78 is 62.4.